The number of nitrogens with zero attached hydrogens (tertiary/aromatic N) is 2. The van der Waals surface area contributed by atoms with E-state index in [1.165, 1.54) is 24.1 Å². The average Bonchev–Trinajstić information content (AvgIpc) is 2.40. The molecular weight excluding hydrogens is 222 g/mol. The molecular formula is C15H25N3. The van der Waals surface area contributed by atoms with Gasteiger partial charge in [0.25, 0.3) is 0 Å². The second-order valence-corrected chi connectivity index (χ2v) is 5.73. The van der Waals surface area contributed by atoms with Crippen molar-refractivity contribution in [2.45, 2.75) is 18.3 Å². The van der Waals surface area contributed by atoms with Crippen LogP contribution in [0.5, 0.6) is 0 Å². The van der Waals surface area contributed by atoms with Crippen LogP contribution in [0.25, 0.3) is 0 Å². The largest absolute Gasteiger partial charge is 0.378 e. The van der Waals surface area contributed by atoms with E-state index in [0.29, 0.717) is 0 Å². The predicted molar refractivity (Wildman–Crippen MR) is 78.2 cm³/mol. The molecule has 0 aromatic heterocycles. The topological polar surface area (TPSA) is 32.5 Å². The average molecular weight is 247 g/mol. The van der Waals surface area contributed by atoms with E-state index < -0.39 is 0 Å². The first-order valence-corrected chi connectivity index (χ1v) is 6.74. The Balaban J connectivity index is 2.22. The van der Waals surface area contributed by atoms with Gasteiger partial charge in [-0.1, -0.05) is 12.1 Å². The van der Waals surface area contributed by atoms with E-state index in [-0.39, 0.29) is 5.41 Å². The molecule has 0 atom stereocenters. The summed E-state index contributed by atoms with van der Waals surface area (Å²) in [5, 5.41) is 0. The zero-order valence-electron chi connectivity index (χ0n) is 11.8. The number of hydrogen-bond donors (Lipinski definition) is 1. The van der Waals surface area contributed by atoms with Crippen molar-refractivity contribution in [1.29, 1.82) is 0 Å². The standard InChI is InChI=1S/C15H25N3/c1-17(2)14-6-4-13(5-7-14)15(12-16)8-10-18(3)11-9-15/h4-7H,8-12,16H2,1-3H3. The molecule has 18 heavy (non-hydrogen) atoms. The summed E-state index contributed by atoms with van der Waals surface area (Å²) >= 11 is 0. The maximum absolute atomic E-state index is 6.08. The van der Waals surface area contributed by atoms with Crippen LogP contribution in [0.15, 0.2) is 24.3 Å². The van der Waals surface area contributed by atoms with Gasteiger partial charge >= 0.3 is 0 Å². The molecule has 1 heterocycles. The van der Waals surface area contributed by atoms with Gasteiger partial charge < -0.3 is 15.5 Å². The molecule has 1 aliphatic heterocycles. The van der Waals surface area contributed by atoms with E-state index in [1.54, 1.807) is 0 Å². The monoisotopic (exact) mass is 247 g/mol. The number of rotatable bonds is 3. The van der Waals surface area contributed by atoms with Crippen LogP contribution in [0.3, 0.4) is 0 Å². The van der Waals surface area contributed by atoms with Crippen molar-refractivity contribution in [2.75, 3.05) is 45.7 Å². The third-order valence-corrected chi connectivity index (χ3v) is 4.33. The van der Waals surface area contributed by atoms with Gasteiger partial charge in [0.15, 0.2) is 0 Å². The summed E-state index contributed by atoms with van der Waals surface area (Å²) in [4.78, 5) is 4.52. The summed E-state index contributed by atoms with van der Waals surface area (Å²) in [6.45, 7) is 3.04. The predicted octanol–water partition coefficient (Wildman–Crippen LogP) is 1.67. The smallest absolute Gasteiger partial charge is 0.0361 e. The fourth-order valence-corrected chi connectivity index (χ4v) is 2.77. The Hall–Kier alpha value is -1.06. The highest BCUT2D eigenvalue weighted by Crippen LogP contribution is 2.34. The molecule has 0 bridgehead atoms. The molecule has 0 aliphatic carbocycles. The number of hydrogen-bond acceptors (Lipinski definition) is 3. The van der Waals surface area contributed by atoms with Crippen molar-refractivity contribution in [3.05, 3.63) is 29.8 Å². The van der Waals surface area contributed by atoms with Crippen molar-refractivity contribution in [3.63, 3.8) is 0 Å². The van der Waals surface area contributed by atoms with Gasteiger partial charge in [-0.2, -0.15) is 0 Å². The van der Waals surface area contributed by atoms with E-state index in [1.807, 2.05) is 0 Å². The maximum Gasteiger partial charge on any atom is 0.0361 e. The molecule has 3 heteroatoms. The minimum absolute atomic E-state index is 0.192. The summed E-state index contributed by atoms with van der Waals surface area (Å²) < 4.78 is 0. The molecule has 0 spiro atoms. The highest BCUT2D eigenvalue weighted by Gasteiger charge is 2.33. The first-order valence-electron chi connectivity index (χ1n) is 6.74. The van der Waals surface area contributed by atoms with Gasteiger partial charge in [-0.05, 0) is 50.7 Å². The Morgan fingerprint density at radius 3 is 2.17 bits per heavy atom. The molecule has 0 saturated carbocycles. The molecule has 3 nitrogen and oxygen atoms in total. The van der Waals surface area contributed by atoms with Crippen LogP contribution in [0, 0.1) is 0 Å². The van der Waals surface area contributed by atoms with Crippen LogP contribution in [-0.2, 0) is 5.41 Å². The molecule has 0 radical (unpaired) electrons. The van der Waals surface area contributed by atoms with Crippen LogP contribution >= 0.6 is 0 Å². The second-order valence-electron chi connectivity index (χ2n) is 5.73. The number of nitrogens with two attached hydrogens (primary N) is 1. The van der Waals surface area contributed by atoms with Gasteiger partial charge in [-0.15, -0.1) is 0 Å². The van der Waals surface area contributed by atoms with E-state index in [0.717, 1.165) is 19.6 Å². The van der Waals surface area contributed by atoms with Crippen LogP contribution in [0.2, 0.25) is 0 Å². The van der Waals surface area contributed by atoms with Crippen LogP contribution in [0.1, 0.15) is 18.4 Å². The lowest BCUT2D eigenvalue weighted by molar-refractivity contribution is 0.191. The van der Waals surface area contributed by atoms with Crippen molar-refractivity contribution in [2.24, 2.45) is 5.73 Å². The first-order chi connectivity index (χ1) is 8.57. The summed E-state index contributed by atoms with van der Waals surface area (Å²) in [6, 6.07) is 8.91. The van der Waals surface area contributed by atoms with Gasteiger partial charge in [0.2, 0.25) is 0 Å². The number of anilines is 1. The molecule has 1 aromatic rings. The van der Waals surface area contributed by atoms with E-state index >= 15 is 0 Å². The molecule has 1 saturated heterocycles. The lowest BCUT2D eigenvalue weighted by Gasteiger charge is -2.40. The normalized spacial score (nSPS) is 19.8. The summed E-state index contributed by atoms with van der Waals surface area (Å²) in [7, 11) is 6.34. The summed E-state index contributed by atoms with van der Waals surface area (Å²) in [5.41, 5.74) is 8.93. The Labute approximate surface area is 111 Å². The van der Waals surface area contributed by atoms with Crippen LogP contribution in [-0.4, -0.2) is 45.7 Å². The van der Waals surface area contributed by atoms with Crippen molar-refractivity contribution < 1.29 is 0 Å². The number of benzene rings is 1. The Bertz CT molecular complexity index is 375. The van der Waals surface area contributed by atoms with Gasteiger partial charge in [0.1, 0.15) is 0 Å². The van der Waals surface area contributed by atoms with Crippen molar-refractivity contribution in [1.82, 2.24) is 4.90 Å². The fraction of sp³-hybridized carbons (Fsp3) is 0.600. The zero-order chi connectivity index (χ0) is 13.2. The van der Waals surface area contributed by atoms with Gasteiger partial charge in [0, 0.05) is 31.7 Å². The molecule has 0 amide bonds. The van der Waals surface area contributed by atoms with E-state index in [4.69, 9.17) is 5.73 Å². The third kappa shape index (κ3) is 2.52. The molecule has 1 aliphatic rings. The minimum atomic E-state index is 0.192. The van der Waals surface area contributed by atoms with Crippen LogP contribution < -0.4 is 10.6 Å². The Morgan fingerprint density at radius 1 is 1.17 bits per heavy atom. The SMILES string of the molecule is CN1CCC(CN)(c2ccc(N(C)C)cc2)CC1. The third-order valence-electron chi connectivity index (χ3n) is 4.33. The number of piperidine rings is 1. The zero-order valence-corrected chi connectivity index (χ0v) is 11.8. The fourth-order valence-electron chi connectivity index (χ4n) is 2.77. The highest BCUT2D eigenvalue weighted by molar-refractivity contribution is 5.47. The molecule has 100 valence electrons. The lowest BCUT2D eigenvalue weighted by Crippen LogP contribution is -2.45. The Kier molecular flexibility index (Phi) is 3.93. The van der Waals surface area contributed by atoms with E-state index in [9.17, 15) is 0 Å². The molecule has 2 rings (SSSR count). The summed E-state index contributed by atoms with van der Waals surface area (Å²) in [6.07, 6.45) is 2.34. The Morgan fingerprint density at radius 2 is 1.72 bits per heavy atom. The minimum Gasteiger partial charge on any atom is -0.378 e. The van der Waals surface area contributed by atoms with Crippen LogP contribution in [0.4, 0.5) is 5.69 Å². The van der Waals surface area contributed by atoms with Crippen molar-refractivity contribution in [3.8, 4) is 0 Å². The van der Waals surface area contributed by atoms with Gasteiger partial charge in [0.05, 0.1) is 0 Å². The first kappa shape index (κ1) is 13.4. The molecule has 1 fully saturated rings. The molecule has 2 N–H and O–H groups in total. The van der Waals surface area contributed by atoms with E-state index in [2.05, 4.69) is 55.2 Å². The quantitative estimate of drug-likeness (QED) is 0.882. The van der Waals surface area contributed by atoms with Gasteiger partial charge in [-0.3, -0.25) is 0 Å². The highest BCUT2D eigenvalue weighted by atomic mass is 15.1. The lowest BCUT2D eigenvalue weighted by atomic mass is 9.73. The second kappa shape index (κ2) is 5.29. The summed E-state index contributed by atoms with van der Waals surface area (Å²) in [5.74, 6) is 0. The number of likely N-dealkylation sites (tertiary alicyclic amines) is 1. The molecule has 0 unspecified atom stereocenters. The van der Waals surface area contributed by atoms with Gasteiger partial charge in [-0.25, -0.2) is 0 Å². The molecule has 1 aromatic carbocycles. The van der Waals surface area contributed by atoms with Crippen molar-refractivity contribution >= 4 is 5.69 Å². The maximum atomic E-state index is 6.08.